The Morgan fingerprint density at radius 3 is 2.56 bits per heavy atom. The molecule has 2 rings (SSSR count). The predicted octanol–water partition coefficient (Wildman–Crippen LogP) is 2.86. The molecule has 2 amide bonds. The SMILES string of the molecule is COc1ccc(NC(=O)CCCCCCN)c(C(=O)NC2CC2)c1.Cl. The number of anilines is 1. The van der Waals surface area contributed by atoms with E-state index in [2.05, 4.69) is 10.6 Å². The molecule has 0 saturated heterocycles. The monoisotopic (exact) mass is 369 g/mol. The van der Waals surface area contributed by atoms with Gasteiger partial charge in [-0.05, 0) is 50.4 Å². The molecular weight excluding hydrogens is 342 g/mol. The zero-order valence-electron chi connectivity index (χ0n) is 14.7. The van der Waals surface area contributed by atoms with Gasteiger partial charge in [0.1, 0.15) is 5.75 Å². The molecule has 6 nitrogen and oxygen atoms in total. The minimum absolute atomic E-state index is 0. The molecule has 1 saturated carbocycles. The number of halogens is 1. The fourth-order valence-electron chi connectivity index (χ4n) is 2.43. The molecule has 0 unspecified atom stereocenters. The Morgan fingerprint density at radius 1 is 1.20 bits per heavy atom. The van der Waals surface area contributed by atoms with E-state index < -0.39 is 0 Å². The van der Waals surface area contributed by atoms with E-state index in [-0.39, 0.29) is 30.3 Å². The number of ether oxygens (including phenoxy) is 1. The Morgan fingerprint density at radius 2 is 1.92 bits per heavy atom. The van der Waals surface area contributed by atoms with Crippen LogP contribution in [0.1, 0.15) is 55.3 Å². The number of unbranched alkanes of at least 4 members (excludes halogenated alkanes) is 3. The van der Waals surface area contributed by atoms with Crippen LogP contribution in [0.3, 0.4) is 0 Å². The molecular formula is C18H28ClN3O3. The Hall–Kier alpha value is -1.79. The second kappa shape index (κ2) is 10.9. The topological polar surface area (TPSA) is 93.4 Å². The highest BCUT2D eigenvalue weighted by atomic mass is 35.5. The number of nitrogens with two attached hydrogens (primary N) is 1. The zero-order valence-corrected chi connectivity index (χ0v) is 15.5. The smallest absolute Gasteiger partial charge is 0.253 e. The average molecular weight is 370 g/mol. The Kier molecular flexibility index (Phi) is 9.31. The van der Waals surface area contributed by atoms with E-state index in [0.717, 1.165) is 38.5 Å². The second-order valence-electron chi connectivity index (χ2n) is 6.16. The number of hydrogen-bond acceptors (Lipinski definition) is 4. The van der Waals surface area contributed by atoms with Crippen molar-refractivity contribution in [3.8, 4) is 5.75 Å². The van der Waals surface area contributed by atoms with E-state index in [4.69, 9.17) is 10.5 Å². The first-order valence-electron chi connectivity index (χ1n) is 8.63. The maximum Gasteiger partial charge on any atom is 0.253 e. The lowest BCUT2D eigenvalue weighted by Gasteiger charge is -2.13. The third-order valence-corrected chi connectivity index (χ3v) is 4.02. The summed E-state index contributed by atoms with van der Waals surface area (Å²) in [5.74, 6) is 0.346. The normalized spacial score (nSPS) is 12.9. The van der Waals surface area contributed by atoms with Crippen molar-refractivity contribution in [1.29, 1.82) is 0 Å². The van der Waals surface area contributed by atoms with Gasteiger partial charge in [-0.1, -0.05) is 12.8 Å². The van der Waals surface area contributed by atoms with Gasteiger partial charge in [0.2, 0.25) is 5.91 Å². The number of rotatable bonds is 10. The van der Waals surface area contributed by atoms with Crippen molar-refractivity contribution < 1.29 is 14.3 Å². The van der Waals surface area contributed by atoms with Crippen molar-refractivity contribution in [3.05, 3.63) is 23.8 Å². The number of carbonyl (C=O) groups is 2. The summed E-state index contributed by atoms with van der Waals surface area (Å²) in [6.07, 6.45) is 6.32. The highest BCUT2D eigenvalue weighted by Gasteiger charge is 2.25. The van der Waals surface area contributed by atoms with E-state index in [1.54, 1.807) is 25.3 Å². The molecule has 1 aliphatic carbocycles. The zero-order chi connectivity index (χ0) is 17.4. The lowest BCUT2D eigenvalue weighted by molar-refractivity contribution is -0.116. The Labute approximate surface area is 155 Å². The molecule has 25 heavy (non-hydrogen) atoms. The van der Waals surface area contributed by atoms with E-state index in [1.807, 2.05) is 0 Å². The molecule has 0 aliphatic heterocycles. The standard InChI is InChI=1S/C18H27N3O3.ClH/c1-24-14-9-10-16(15(12-14)18(23)20-13-7-8-13)21-17(22)6-4-2-3-5-11-19;/h9-10,12-13H,2-8,11,19H2,1H3,(H,20,23)(H,21,22);1H. The van der Waals surface area contributed by atoms with Gasteiger partial charge < -0.3 is 21.1 Å². The maximum absolute atomic E-state index is 12.4. The first-order chi connectivity index (χ1) is 11.6. The average Bonchev–Trinajstić information content (AvgIpc) is 3.39. The largest absolute Gasteiger partial charge is 0.497 e. The van der Waals surface area contributed by atoms with Crippen LogP contribution in [0.25, 0.3) is 0 Å². The Bertz CT molecular complexity index is 577. The third-order valence-electron chi connectivity index (χ3n) is 4.02. The van der Waals surface area contributed by atoms with Crippen molar-refractivity contribution in [3.63, 3.8) is 0 Å². The number of methoxy groups -OCH3 is 1. The fourth-order valence-corrected chi connectivity index (χ4v) is 2.43. The molecule has 0 spiro atoms. The molecule has 1 fully saturated rings. The van der Waals surface area contributed by atoms with Gasteiger partial charge in [-0.25, -0.2) is 0 Å². The van der Waals surface area contributed by atoms with Crippen LogP contribution < -0.4 is 21.1 Å². The van der Waals surface area contributed by atoms with Gasteiger partial charge in [-0.2, -0.15) is 0 Å². The summed E-state index contributed by atoms with van der Waals surface area (Å²) in [5.41, 5.74) is 6.42. The van der Waals surface area contributed by atoms with Gasteiger partial charge in [0.15, 0.2) is 0 Å². The molecule has 1 aromatic rings. The van der Waals surface area contributed by atoms with E-state index in [1.165, 1.54) is 0 Å². The van der Waals surface area contributed by atoms with Gasteiger partial charge in [0, 0.05) is 12.5 Å². The fraction of sp³-hybridized carbons (Fsp3) is 0.556. The van der Waals surface area contributed by atoms with Gasteiger partial charge >= 0.3 is 0 Å². The molecule has 4 N–H and O–H groups in total. The lowest BCUT2D eigenvalue weighted by atomic mass is 10.1. The molecule has 1 aromatic carbocycles. The minimum Gasteiger partial charge on any atom is -0.497 e. The summed E-state index contributed by atoms with van der Waals surface area (Å²) >= 11 is 0. The van der Waals surface area contributed by atoms with Crippen molar-refractivity contribution in [2.24, 2.45) is 5.73 Å². The highest BCUT2D eigenvalue weighted by molar-refractivity contribution is 6.04. The summed E-state index contributed by atoms with van der Waals surface area (Å²) < 4.78 is 5.19. The van der Waals surface area contributed by atoms with Crippen LogP contribution >= 0.6 is 12.4 Å². The van der Waals surface area contributed by atoms with Crippen molar-refractivity contribution >= 4 is 29.9 Å². The summed E-state index contributed by atoms with van der Waals surface area (Å²) in [6, 6.07) is 5.38. The van der Waals surface area contributed by atoms with Gasteiger partial charge in [0.05, 0.1) is 18.4 Å². The molecule has 0 radical (unpaired) electrons. The van der Waals surface area contributed by atoms with E-state index in [0.29, 0.717) is 30.0 Å². The summed E-state index contributed by atoms with van der Waals surface area (Å²) in [5, 5.41) is 5.79. The maximum atomic E-state index is 12.4. The second-order valence-corrected chi connectivity index (χ2v) is 6.16. The first kappa shape index (κ1) is 21.3. The van der Waals surface area contributed by atoms with Crippen LogP contribution in [0.15, 0.2) is 18.2 Å². The van der Waals surface area contributed by atoms with Gasteiger partial charge in [-0.15, -0.1) is 12.4 Å². The molecule has 0 atom stereocenters. The first-order valence-corrected chi connectivity index (χ1v) is 8.63. The molecule has 1 aliphatic rings. The third kappa shape index (κ3) is 7.32. The predicted molar refractivity (Wildman–Crippen MR) is 101 cm³/mol. The van der Waals surface area contributed by atoms with Crippen molar-refractivity contribution in [2.45, 2.75) is 51.0 Å². The van der Waals surface area contributed by atoms with E-state index >= 15 is 0 Å². The summed E-state index contributed by atoms with van der Waals surface area (Å²) in [7, 11) is 1.55. The highest BCUT2D eigenvalue weighted by Crippen LogP contribution is 2.25. The molecule has 0 heterocycles. The van der Waals surface area contributed by atoms with Crippen LogP contribution in [-0.2, 0) is 4.79 Å². The van der Waals surface area contributed by atoms with Crippen LogP contribution in [0.2, 0.25) is 0 Å². The van der Waals surface area contributed by atoms with Crippen molar-refractivity contribution in [1.82, 2.24) is 5.32 Å². The number of carbonyl (C=O) groups excluding carboxylic acids is 2. The molecule has 0 bridgehead atoms. The minimum atomic E-state index is -0.172. The summed E-state index contributed by atoms with van der Waals surface area (Å²) in [6.45, 7) is 0.692. The van der Waals surface area contributed by atoms with Crippen LogP contribution in [0.4, 0.5) is 5.69 Å². The molecule has 7 heteroatoms. The number of amides is 2. The van der Waals surface area contributed by atoms with E-state index in [9.17, 15) is 9.59 Å². The lowest BCUT2D eigenvalue weighted by Crippen LogP contribution is -2.27. The summed E-state index contributed by atoms with van der Waals surface area (Å²) in [4.78, 5) is 24.5. The molecule has 140 valence electrons. The Balaban J connectivity index is 0.00000312. The van der Waals surface area contributed by atoms with Crippen LogP contribution in [-0.4, -0.2) is 31.5 Å². The van der Waals surface area contributed by atoms with Crippen LogP contribution in [0.5, 0.6) is 5.75 Å². The van der Waals surface area contributed by atoms with Crippen LogP contribution in [0, 0.1) is 0 Å². The quantitative estimate of drug-likeness (QED) is 0.553. The van der Waals surface area contributed by atoms with Gasteiger partial charge in [0.25, 0.3) is 5.91 Å². The number of hydrogen-bond donors (Lipinski definition) is 3. The van der Waals surface area contributed by atoms with Crippen molar-refractivity contribution in [2.75, 3.05) is 19.0 Å². The number of benzene rings is 1. The van der Waals surface area contributed by atoms with Gasteiger partial charge in [-0.3, -0.25) is 9.59 Å². The molecule has 0 aromatic heterocycles. The number of nitrogens with one attached hydrogen (secondary N) is 2.